The molecule has 11 heteroatoms. The summed E-state index contributed by atoms with van der Waals surface area (Å²) >= 11 is 1.15. The minimum absolute atomic E-state index is 0.143. The molecule has 0 N–H and O–H groups in total. The van der Waals surface area contributed by atoms with Crippen LogP contribution in [0.5, 0.6) is 0 Å². The number of ether oxygens (including phenoxy) is 1. The number of hydrogen-bond donors (Lipinski definition) is 0. The zero-order valence-corrected chi connectivity index (χ0v) is 20.4. The normalized spacial score (nSPS) is 21.1. The number of nitro groups is 1. The van der Waals surface area contributed by atoms with Crippen LogP contribution in [0.2, 0.25) is 0 Å². The van der Waals surface area contributed by atoms with Gasteiger partial charge in [0, 0.05) is 17.0 Å². The Kier molecular flexibility index (Phi) is 5.81. The Morgan fingerprint density at radius 1 is 1.08 bits per heavy atom. The predicted octanol–water partition coefficient (Wildman–Crippen LogP) is 4.11. The van der Waals surface area contributed by atoms with Crippen molar-refractivity contribution in [3.05, 3.63) is 86.3 Å². The van der Waals surface area contributed by atoms with Crippen LogP contribution < -0.4 is 9.96 Å². The fraction of sp³-hybridized carbons (Fsp3) is 0.240. The molecule has 3 aromatic rings. The molecule has 184 valence electrons. The van der Waals surface area contributed by atoms with E-state index in [4.69, 9.17) is 9.57 Å². The van der Waals surface area contributed by atoms with Crippen LogP contribution in [-0.4, -0.2) is 35.9 Å². The van der Waals surface area contributed by atoms with E-state index in [9.17, 15) is 24.5 Å². The van der Waals surface area contributed by atoms with Gasteiger partial charge in [0.25, 0.3) is 11.6 Å². The van der Waals surface area contributed by atoms with Crippen LogP contribution in [0.15, 0.2) is 54.6 Å². The highest BCUT2D eigenvalue weighted by molar-refractivity contribution is 7.17. The number of fused-ring (bicyclic) bond motifs is 1. The van der Waals surface area contributed by atoms with E-state index in [1.165, 1.54) is 30.4 Å². The highest BCUT2D eigenvalue weighted by Crippen LogP contribution is 2.49. The van der Waals surface area contributed by atoms with E-state index in [0.717, 1.165) is 21.1 Å². The van der Waals surface area contributed by atoms with E-state index in [1.54, 1.807) is 44.2 Å². The molecule has 2 aromatic carbocycles. The number of esters is 1. The first-order valence-electron chi connectivity index (χ1n) is 11.1. The molecule has 10 nitrogen and oxygen atoms in total. The number of hydroxylamine groups is 1. The Balaban J connectivity index is 1.63. The molecule has 0 saturated carbocycles. The van der Waals surface area contributed by atoms with Crippen LogP contribution in [-0.2, 0) is 19.2 Å². The van der Waals surface area contributed by atoms with Gasteiger partial charge in [0.1, 0.15) is 10.9 Å². The van der Waals surface area contributed by atoms with Crippen molar-refractivity contribution in [1.82, 2.24) is 0 Å². The third-order valence-electron chi connectivity index (χ3n) is 6.51. The van der Waals surface area contributed by atoms with Crippen molar-refractivity contribution in [2.75, 3.05) is 17.1 Å². The summed E-state index contributed by atoms with van der Waals surface area (Å²) in [7, 11) is 1.24. The maximum absolute atomic E-state index is 13.9. The molecule has 2 fully saturated rings. The zero-order valence-electron chi connectivity index (χ0n) is 19.5. The molecule has 0 bridgehead atoms. The Bertz CT molecular complexity index is 1400. The topological polar surface area (TPSA) is 119 Å². The maximum atomic E-state index is 13.9. The third-order valence-corrected chi connectivity index (χ3v) is 7.70. The summed E-state index contributed by atoms with van der Waals surface area (Å²) in [5.74, 6) is -2.80. The van der Waals surface area contributed by atoms with Crippen molar-refractivity contribution < 1.29 is 28.9 Å². The van der Waals surface area contributed by atoms with Crippen molar-refractivity contribution in [2.45, 2.75) is 26.0 Å². The van der Waals surface area contributed by atoms with Crippen LogP contribution in [0, 0.1) is 29.9 Å². The molecule has 2 amide bonds. The number of thiophene rings is 1. The third kappa shape index (κ3) is 3.55. The molecular weight excluding hydrogens is 486 g/mol. The van der Waals surface area contributed by atoms with Gasteiger partial charge in [-0.2, -0.15) is 0 Å². The average Bonchev–Trinajstić information content (AvgIpc) is 3.49. The molecule has 0 spiro atoms. The summed E-state index contributed by atoms with van der Waals surface area (Å²) < 4.78 is 4.91. The van der Waals surface area contributed by atoms with Gasteiger partial charge in [0.2, 0.25) is 5.91 Å². The first-order chi connectivity index (χ1) is 17.2. The van der Waals surface area contributed by atoms with Crippen LogP contribution >= 0.6 is 11.3 Å². The van der Waals surface area contributed by atoms with Gasteiger partial charge in [-0.3, -0.25) is 24.5 Å². The molecule has 5 rings (SSSR count). The second-order valence-corrected chi connectivity index (χ2v) is 9.68. The van der Waals surface area contributed by atoms with E-state index in [2.05, 4.69) is 0 Å². The lowest BCUT2D eigenvalue weighted by Crippen LogP contribution is -2.37. The quantitative estimate of drug-likeness (QED) is 0.219. The number of benzene rings is 2. The molecule has 3 atom stereocenters. The summed E-state index contributed by atoms with van der Waals surface area (Å²) in [5, 5.41) is 13.1. The smallest absolute Gasteiger partial charge is 0.341 e. The number of para-hydroxylation sites is 1. The Labute approximate surface area is 209 Å². The molecule has 2 aliphatic rings. The number of hydrogen-bond acceptors (Lipinski definition) is 9. The van der Waals surface area contributed by atoms with Crippen molar-refractivity contribution in [3.63, 3.8) is 0 Å². The van der Waals surface area contributed by atoms with E-state index in [-0.39, 0.29) is 16.3 Å². The number of carbonyl (C=O) groups is 3. The maximum Gasteiger partial charge on any atom is 0.341 e. The molecule has 0 aliphatic carbocycles. The van der Waals surface area contributed by atoms with Gasteiger partial charge < -0.3 is 4.74 Å². The van der Waals surface area contributed by atoms with Crippen molar-refractivity contribution in [1.29, 1.82) is 0 Å². The molecule has 2 saturated heterocycles. The molecule has 0 radical (unpaired) electrons. The second-order valence-electron chi connectivity index (χ2n) is 8.48. The molecule has 1 aromatic heterocycles. The minimum Gasteiger partial charge on any atom is -0.465 e. The van der Waals surface area contributed by atoms with Crippen molar-refractivity contribution >= 4 is 45.5 Å². The van der Waals surface area contributed by atoms with Crippen LogP contribution in [0.3, 0.4) is 0 Å². The van der Waals surface area contributed by atoms with Gasteiger partial charge in [-0.05, 0) is 37.1 Å². The summed E-state index contributed by atoms with van der Waals surface area (Å²) in [6.07, 6.45) is -1.17. The zero-order chi connectivity index (χ0) is 25.7. The second kappa shape index (κ2) is 8.85. The van der Waals surface area contributed by atoms with Crippen LogP contribution in [0.1, 0.15) is 32.4 Å². The molecule has 36 heavy (non-hydrogen) atoms. The fourth-order valence-electron chi connectivity index (χ4n) is 4.68. The number of aryl methyl sites for hydroxylation is 1. The lowest BCUT2D eigenvalue weighted by Gasteiger charge is -2.28. The number of imide groups is 1. The van der Waals surface area contributed by atoms with Crippen molar-refractivity contribution in [2.24, 2.45) is 5.92 Å². The molecule has 2 aliphatic heterocycles. The highest BCUT2D eigenvalue weighted by atomic mass is 32.1. The number of rotatable bonds is 5. The fourth-order valence-corrected chi connectivity index (χ4v) is 5.84. The summed E-state index contributed by atoms with van der Waals surface area (Å²) in [6.45, 7) is 3.52. The number of methoxy groups -OCH3 is 1. The summed E-state index contributed by atoms with van der Waals surface area (Å²) in [6, 6.07) is 14.0. The highest BCUT2D eigenvalue weighted by Gasteiger charge is 2.61. The molecular formula is C25H21N3O7S. The van der Waals surface area contributed by atoms with Crippen molar-refractivity contribution in [3.8, 4) is 0 Å². The van der Waals surface area contributed by atoms with Gasteiger partial charge in [-0.15, -0.1) is 11.3 Å². The Morgan fingerprint density at radius 2 is 1.81 bits per heavy atom. The van der Waals surface area contributed by atoms with Crippen LogP contribution in [0.25, 0.3) is 0 Å². The average molecular weight is 508 g/mol. The largest absolute Gasteiger partial charge is 0.465 e. The van der Waals surface area contributed by atoms with Gasteiger partial charge in [-0.1, -0.05) is 30.3 Å². The monoisotopic (exact) mass is 507 g/mol. The lowest BCUT2D eigenvalue weighted by molar-refractivity contribution is -0.384. The molecule has 0 unspecified atom stereocenters. The minimum atomic E-state index is -1.17. The Morgan fingerprint density at radius 3 is 2.47 bits per heavy atom. The number of non-ortho nitro benzene ring substituents is 1. The first-order valence-corrected chi connectivity index (χ1v) is 11.9. The lowest BCUT2D eigenvalue weighted by atomic mass is 9.90. The van der Waals surface area contributed by atoms with Gasteiger partial charge in [0.05, 0.1) is 29.3 Å². The van der Waals surface area contributed by atoms with E-state index in [0.29, 0.717) is 16.8 Å². The van der Waals surface area contributed by atoms with Gasteiger partial charge >= 0.3 is 5.97 Å². The van der Waals surface area contributed by atoms with Gasteiger partial charge in [-0.25, -0.2) is 14.8 Å². The predicted molar refractivity (Wildman–Crippen MR) is 131 cm³/mol. The number of carbonyl (C=O) groups excluding carboxylic acids is 3. The number of nitro benzene ring substituents is 1. The number of amides is 2. The number of nitrogens with zero attached hydrogens (tertiary/aromatic N) is 3. The first kappa shape index (κ1) is 23.6. The van der Waals surface area contributed by atoms with Crippen LogP contribution in [0.4, 0.5) is 16.4 Å². The number of anilines is 2. The summed E-state index contributed by atoms with van der Waals surface area (Å²) in [5.41, 5.74) is 1.69. The standard InChI is InChI=1S/C25H21N3O7S/c1-13-14(2)36-24(18(13)25(31)34-3)26-22(29)19-20(15-8-7-11-17(12-15)28(32)33)27(35-21(19)23(26)30)16-9-5-4-6-10-16/h4-12,19-21H,1-3H3/t19-,20-,21-/m1/s1. The van der Waals surface area contributed by atoms with Gasteiger partial charge in [0.15, 0.2) is 6.10 Å². The van der Waals surface area contributed by atoms with E-state index < -0.39 is 40.8 Å². The SMILES string of the molecule is COC(=O)c1c(N2C(=O)[C@@H]3[C@@H](c4cccc([N+](=O)[O-])c4)N(c4ccccc4)O[C@H]3C2=O)sc(C)c1C. The van der Waals surface area contributed by atoms with E-state index >= 15 is 0 Å². The van der Waals surface area contributed by atoms with E-state index in [1.807, 2.05) is 6.07 Å². The summed E-state index contributed by atoms with van der Waals surface area (Å²) in [4.78, 5) is 58.8. The Hall–Kier alpha value is -4.09. The molecule has 3 heterocycles.